The second kappa shape index (κ2) is 7.52. The molecule has 0 bridgehead atoms. The minimum absolute atomic E-state index is 0.0555. The van der Waals surface area contributed by atoms with E-state index in [0.717, 1.165) is 32.5 Å². The van der Waals surface area contributed by atoms with Crippen molar-refractivity contribution in [1.29, 1.82) is 0 Å². The quantitative estimate of drug-likeness (QED) is 0.421. The molecule has 0 saturated carbocycles. The third-order valence-corrected chi connectivity index (χ3v) is 5.62. The van der Waals surface area contributed by atoms with E-state index in [1.165, 1.54) is 11.9 Å². The van der Waals surface area contributed by atoms with Crippen LogP contribution in [0.2, 0.25) is 0 Å². The Morgan fingerprint density at radius 2 is 1.75 bits per heavy atom. The van der Waals surface area contributed by atoms with Crippen molar-refractivity contribution < 1.29 is 9.53 Å². The molecule has 2 aromatic heterocycles. The van der Waals surface area contributed by atoms with Crippen LogP contribution >= 0.6 is 11.3 Å². The van der Waals surface area contributed by atoms with E-state index in [1.807, 2.05) is 32.0 Å². The number of ketones is 1. The topological polar surface area (TPSA) is 52.1 Å². The first-order chi connectivity index (χ1) is 13.5. The maximum Gasteiger partial charge on any atom is 0.226 e. The van der Waals surface area contributed by atoms with Gasteiger partial charge >= 0.3 is 0 Å². The molecule has 0 unspecified atom stereocenters. The van der Waals surface area contributed by atoms with E-state index >= 15 is 0 Å². The molecule has 2 aromatic carbocycles. The molecule has 0 aliphatic heterocycles. The number of hydrogen-bond donors (Lipinski definition) is 0. The van der Waals surface area contributed by atoms with Crippen LogP contribution in [0.3, 0.4) is 0 Å². The summed E-state index contributed by atoms with van der Waals surface area (Å²) < 4.78 is 5.88. The number of nitrogens with zero attached hydrogens (tertiary/aromatic N) is 2. The first kappa shape index (κ1) is 18.3. The molecular weight excluding hydrogens is 368 g/mol. The van der Waals surface area contributed by atoms with Gasteiger partial charge in [-0.05, 0) is 38.0 Å². The van der Waals surface area contributed by atoms with E-state index in [4.69, 9.17) is 4.74 Å². The summed E-state index contributed by atoms with van der Waals surface area (Å²) >= 11 is 1.55. The molecule has 140 valence electrons. The minimum atomic E-state index is -0.0560. The number of hydrogen-bond acceptors (Lipinski definition) is 5. The zero-order valence-corrected chi connectivity index (χ0v) is 16.8. The standard InChI is InChI=1S/C23H20N2O2S/c1-14-5-8-17(9-6-14)19-12-28-23-21(19)22(24-13-25-23)27-11-20(26)18-10-15(2)4-7-16(18)3/h4-10,12-13H,11H2,1-3H3. The molecule has 0 aliphatic rings. The van der Waals surface area contributed by atoms with Gasteiger partial charge in [0.05, 0.1) is 5.39 Å². The fraction of sp³-hybridized carbons (Fsp3) is 0.174. The molecule has 0 atom stereocenters. The molecule has 0 spiro atoms. The lowest BCUT2D eigenvalue weighted by Crippen LogP contribution is -2.14. The monoisotopic (exact) mass is 388 g/mol. The minimum Gasteiger partial charge on any atom is -0.469 e. The summed E-state index contributed by atoms with van der Waals surface area (Å²) in [6.07, 6.45) is 1.48. The predicted octanol–water partition coefficient (Wildman–Crippen LogP) is 5.55. The highest BCUT2D eigenvalue weighted by Gasteiger charge is 2.16. The molecule has 5 heteroatoms. The van der Waals surface area contributed by atoms with Gasteiger partial charge in [0.1, 0.15) is 11.2 Å². The zero-order valence-electron chi connectivity index (χ0n) is 16.0. The number of rotatable bonds is 5. The van der Waals surface area contributed by atoms with E-state index < -0.39 is 0 Å². The largest absolute Gasteiger partial charge is 0.469 e. The normalized spacial score (nSPS) is 11.0. The van der Waals surface area contributed by atoms with Crippen molar-refractivity contribution in [1.82, 2.24) is 9.97 Å². The number of aryl methyl sites for hydroxylation is 3. The van der Waals surface area contributed by atoms with E-state index in [-0.39, 0.29) is 12.4 Å². The van der Waals surface area contributed by atoms with Gasteiger partial charge in [-0.15, -0.1) is 11.3 Å². The second-order valence-electron chi connectivity index (χ2n) is 6.90. The molecule has 0 amide bonds. The molecular formula is C23H20N2O2S. The van der Waals surface area contributed by atoms with Crippen LogP contribution in [0.15, 0.2) is 54.2 Å². The molecule has 0 saturated heterocycles. The Morgan fingerprint density at radius 1 is 1.00 bits per heavy atom. The summed E-state index contributed by atoms with van der Waals surface area (Å²) in [6.45, 7) is 5.92. The van der Waals surface area contributed by atoms with Crippen LogP contribution in [0, 0.1) is 20.8 Å². The third kappa shape index (κ3) is 3.53. The summed E-state index contributed by atoms with van der Waals surface area (Å²) in [5.74, 6) is 0.389. The number of thiophene rings is 1. The predicted molar refractivity (Wildman–Crippen MR) is 113 cm³/mol. The lowest BCUT2D eigenvalue weighted by Gasteiger charge is -2.09. The van der Waals surface area contributed by atoms with Gasteiger partial charge in [-0.3, -0.25) is 4.79 Å². The molecule has 0 radical (unpaired) electrons. The van der Waals surface area contributed by atoms with Gasteiger partial charge in [0.25, 0.3) is 0 Å². The van der Waals surface area contributed by atoms with Crippen molar-refractivity contribution in [3.63, 3.8) is 0 Å². The van der Waals surface area contributed by atoms with Crippen molar-refractivity contribution in [3.05, 3.63) is 76.4 Å². The Morgan fingerprint density at radius 3 is 2.54 bits per heavy atom. The summed E-state index contributed by atoms with van der Waals surface area (Å²) in [7, 11) is 0. The summed E-state index contributed by atoms with van der Waals surface area (Å²) in [5, 5.41) is 2.91. The van der Waals surface area contributed by atoms with Crippen molar-refractivity contribution >= 4 is 27.3 Å². The average molecular weight is 388 g/mol. The number of carbonyl (C=O) groups is 1. The smallest absolute Gasteiger partial charge is 0.226 e. The van der Waals surface area contributed by atoms with Gasteiger partial charge in [-0.2, -0.15) is 0 Å². The van der Waals surface area contributed by atoms with Gasteiger partial charge in [0.2, 0.25) is 11.7 Å². The lowest BCUT2D eigenvalue weighted by molar-refractivity contribution is 0.0918. The molecule has 4 nitrogen and oxygen atoms in total. The molecule has 4 aromatic rings. The number of carbonyl (C=O) groups excluding carboxylic acids is 1. The second-order valence-corrected chi connectivity index (χ2v) is 7.76. The van der Waals surface area contributed by atoms with Crippen LogP contribution in [-0.2, 0) is 0 Å². The van der Waals surface area contributed by atoms with Crippen molar-refractivity contribution in [2.75, 3.05) is 6.61 Å². The maximum absolute atomic E-state index is 12.7. The van der Waals surface area contributed by atoms with Gasteiger partial charge in [0.15, 0.2) is 6.61 Å². The third-order valence-electron chi connectivity index (χ3n) is 4.73. The summed E-state index contributed by atoms with van der Waals surface area (Å²) in [6, 6.07) is 14.2. The number of aromatic nitrogens is 2. The lowest BCUT2D eigenvalue weighted by atomic mass is 10.0. The highest BCUT2D eigenvalue weighted by Crippen LogP contribution is 2.37. The fourth-order valence-electron chi connectivity index (χ4n) is 3.15. The SMILES string of the molecule is Cc1ccc(-c2csc3ncnc(OCC(=O)c4cc(C)ccc4C)c23)cc1. The summed E-state index contributed by atoms with van der Waals surface area (Å²) in [5.41, 5.74) is 6.00. The molecule has 2 heterocycles. The van der Waals surface area contributed by atoms with Crippen molar-refractivity contribution in [2.45, 2.75) is 20.8 Å². The Kier molecular flexibility index (Phi) is 4.92. The van der Waals surface area contributed by atoms with Gasteiger partial charge in [-0.1, -0.05) is 47.5 Å². The first-order valence-electron chi connectivity index (χ1n) is 9.05. The Bertz CT molecular complexity index is 1160. The van der Waals surface area contributed by atoms with Gasteiger partial charge < -0.3 is 4.74 Å². The summed E-state index contributed by atoms with van der Waals surface area (Å²) in [4.78, 5) is 22.2. The Labute approximate surface area is 167 Å². The molecule has 28 heavy (non-hydrogen) atoms. The molecule has 0 N–H and O–H groups in total. The van der Waals surface area contributed by atoms with E-state index in [1.54, 1.807) is 11.3 Å². The van der Waals surface area contributed by atoms with Crippen LogP contribution in [0.4, 0.5) is 0 Å². The zero-order chi connectivity index (χ0) is 19.7. The molecule has 0 fully saturated rings. The van der Waals surface area contributed by atoms with Crippen LogP contribution in [0.1, 0.15) is 27.0 Å². The Balaban J connectivity index is 1.66. The number of benzene rings is 2. The maximum atomic E-state index is 12.7. The first-order valence-corrected chi connectivity index (χ1v) is 9.93. The van der Waals surface area contributed by atoms with Crippen LogP contribution < -0.4 is 4.74 Å². The Hall–Kier alpha value is -3.05. The van der Waals surface area contributed by atoms with Gasteiger partial charge in [0, 0.05) is 16.5 Å². The number of ether oxygens (including phenoxy) is 1. The van der Waals surface area contributed by atoms with E-state index in [9.17, 15) is 4.79 Å². The molecule has 0 aliphatic carbocycles. The van der Waals surface area contributed by atoms with Crippen molar-refractivity contribution in [3.8, 4) is 17.0 Å². The highest BCUT2D eigenvalue weighted by molar-refractivity contribution is 7.17. The number of Topliss-reactive ketones (excluding diaryl/α,β-unsaturated/α-hetero) is 1. The van der Waals surface area contributed by atoms with Crippen molar-refractivity contribution in [2.24, 2.45) is 0 Å². The number of fused-ring (bicyclic) bond motifs is 1. The fourth-order valence-corrected chi connectivity index (χ4v) is 4.06. The van der Waals surface area contributed by atoms with Crippen LogP contribution in [0.5, 0.6) is 5.88 Å². The highest BCUT2D eigenvalue weighted by atomic mass is 32.1. The van der Waals surface area contributed by atoms with E-state index in [2.05, 4.69) is 46.5 Å². The average Bonchev–Trinajstić information content (AvgIpc) is 3.13. The van der Waals surface area contributed by atoms with Gasteiger partial charge in [-0.25, -0.2) is 9.97 Å². The molecule has 4 rings (SSSR count). The van der Waals surface area contributed by atoms with Crippen LogP contribution in [0.25, 0.3) is 21.3 Å². The van der Waals surface area contributed by atoms with Crippen LogP contribution in [-0.4, -0.2) is 22.4 Å². The van der Waals surface area contributed by atoms with E-state index in [0.29, 0.717) is 11.4 Å².